The Kier molecular flexibility index (Phi) is 6.17. The molecule has 0 spiro atoms. The number of halogens is 1. The maximum absolute atomic E-state index is 14.8. The molecule has 1 aliphatic rings. The van der Waals surface area contributed by atoms with E-state index in [1.54, 1.807) is 21.6 Å². The highest BCUT2D eigenvalue weighted by Crippen LogP contribution is 2.34. The Bertz CT molecular complexity index is 1510. The molecule has 2 amide bonds. The van der Waals surface area contributed by atoms with Gasteiger partial charge in [-0.15, -0.1) is 0 Å². The van der Waals surface area contributed by atoms with Gasteiger partial charge in [0.05, 0.1) is 11.3 Å². The first-order valence-corrected chi connectivity index (χ1v) is 12.5. The lowest BCUT2D eigenvalue weighted by Gasteiger charge is -2.33. The third-order valence-electron chi connectivity index (χ3n) is 6.47. The SMILES string of the molecule is Cc1cn2cc(-c3ccc(C(=O)NC4CCN(C(=O)OC(C)(C)C)CC4)c4oc(C)cc34)cc(F)c2n1. The number of nitrogens with one attached hydrogen (secondary N) is 1. The van der Waals surface area contributed by atoms with Crippen molar-refractivity contribution in [3.8, 4) is 11.1 Å². The van der Waals surface area contributed by atoms with Crippen molar-refractivity contribution >= 4 is 28.6 Å². The number of carbonyl (C=O) groups excluding carboxylic acids is 2. The number of imidazole rings is 1. The molecule has 5 rings (SSSR count). The van der Waals surface area contributed by atoms with Crippen LogP contribution in [-0.4, -0.2) is 51.0 Å². The van der Waals surface area contributed by atoms with E-state index in [1.165, 1.54) is 6.07 Å². The molecular weight excluding hydrogens is 475 g/mol. The van der Waals surface area contributed by atoms with Gasteiger partial charge >= 0.3 is 6.09 Å². The van der Waals surface area contributed by atoms with Gasteiger partial charge < -0.3 is 23.8 Å². The summed E-state index contributed by atoms with van der Waals surface area (Å²) in [5, 5.41) is 3.83. The number of benzene rings is 1. The Morgan fingerprint density at radius 3 is 2.57 bits per heavy atom. The largest absolute Gasteiger partial charge is 0.461 e. The molecule has 1 aliphatic heterocycles. The molecule has 0 bridgehead atoms. The van der Waals surface area contributed by atoms with Gasteiger partial charge in [-0.2, -0.15) is 0 Å². The third-order valence-corrected chi connectivity index (χ3v) is 6.47. The summed E-state index contributed by atoms with van der Waals surface area (Å²) in [6.07, 6.45) is 4.53. The van der Waals surface area contributed by atoms with Crippen molar-refractivity contribution < 1.29 is 23.1 Å². The molecule has 9 heteroatoms. The first kappa shape index (κ1) is 24.8. The van der Waals surface area contributed by atoms with Gasteiger partial charge in [0.25, 0.3) is 5.91 Å². The molecule has 1 fully saturated rings. The number of nitrogens with zero attached hydrogens (tertiary/aromatic N) is 3. The van der Waals surface area contributed by atoms with E-state index < -0.39 is 11.4 Å². The van der Waals surface area contributed by atoms with Crippen molar-refractivity contribution in [3.05, 3.63) is 59.5 Å². The Labute approximate surface area is 214 Å². The molecule has 8 nitrogen and oxygen atoms in total. The number of carbonyl (C=O) groups is 2. The molecule has 0 radical (unpaired) electrons. The molecule has 0 unspecified atom stereocenters. The van der Waals surface area contributed by atoms with Gasteiger partial charge in [-0.3, -0.25) is 4.79 Å². The number of fused-ring (bicyclic) bond motifs is 2. The first-order valence-electron chi connectivity index (χ1n) is 12.5. The highest BCUT2D eigenvalue weighted by Gasteiger charge is 2.28. The van der Waals surface area contributed by atoms with E-state index in [0.29, 0.717) is 48.4 Å². The van der Waals surface area contributed by atoms with E-state index in [9.17, 15) is 14.0 Å². The lowest BCUT2D eigenvalue weighted by Crippen LogP contribution is -2.47. The molecule has 4 aromatic rings. The molecule has 1 saturated heterocycles. The van der Waals surface area contributed by atoms with E-state index in [1.807, 2.05) is 52.9 Å². The Morgan fingerprint density at radius 2 is 1.86 bits per heavy atom. The number of piperidine rings is 1. The van der Waals surface area contributed by atoms with Crippen LogP contribution >= 0.6 is 0 Å². The van der Waals surface area contributed by atoms with Gasteiger partial charge in [-0.25, -0.2) is 14.2 Å². The highest BCUT2D eigenvalue weighted by atomic mass is 19.1. The lowest BCUT2D eigenvalue weighted by molar-refractivity contribution is 0.0199. The Hall–Kier alpha value is -3.88. The van der Waals surface area contributed by atoms with E-state index in [0.717, 1.165) is 16.6 Å². The standard InChI is InChI=1S/C28H31FN4O4/c1-16-14-33-15-18(13-23(29)25(33)30-16)20-6-7-21(24-22(20)12-17(2)36-24)26(34)31-19-8-10-32(11-9-19)27(35)37-28(3,4)5/h6-7,12-15,19H,8-11H2,1-5H3,(H,31,34). The van der Waals surface area contributed by atoms with Crippen molar-refractivity contribution in [1.82, 2.24) is 19.6 Å². The van der Waals surface area contributed by atoms with Gasteiger partial charge in [-0.1, -0.05) is 6.07 Å². The molecule has 3 aromatic heterocycles. The van der Waals surface area contributed by atoms with Crippen molar-refractivity contribution in [2.45, 2.75) is 59.1 Å². The zero-order chi connectivity index (χ0) is 26.5. The highest BCUT2D eigenvalue weighted by molar-refractivity contribution is 6.09. The van der Waals surface area contributed by atoms with E-state index in [2.05, 4.69) is 10.3 Å². The summed E-state index contributed by atoms with van der Waals surface area (Å²) >= 11 is 0. The number of amides is 2. The predicted molar refractivity (Wildman–Crippen MR) is 138 cm³/mol. The van der Waals surface area contributed by atoms with Crippen LogP contribution in [0.25, 0.3) is 27.7 Å². The monoisotopic (exact) mass is 506 g/mol. The molecule has 0 saturated carbocycles. The normalized spacial score (nSPS) is 14.9. The summed E-state index contributed by atoms with van der Waals surface area (Å²) in [6, 6.07) is 6.78. The molecular formula is C28H31FN4O4. The minimum atomic E-state index is -0.546. The zero-order valence-corrected chi connectivity index (χ0v) is 21.7. The number of hydrogen-bond donors (Lipinski definition) is 1. The molecule has 0 aliphatic carbocycles. The predicted octanol–water partition coefficient (Wildman–Crippen LogP) is 5.63. The lowest BCUT2D eigenvalue weighted by atomic mass is 9.99. The minimum Gasteiger partial charge on any atom is -0.461 e. The quantitative estimate of drug-likeness (QED) is 0.389. The van der Waals surface area contributed by atoms with Gasteiger partial charge in [0.15, 0.2) is 11.5 Å². The van der Waals surface area contributed by atoms with Gasteiger partial charge in [0, 0.05) is 42.5 Å². The number of ether oxygens (including phenoxy) is 1. The molecule has 37 heavy (non-hydrogen) atoms. The zero-order valence-electron chi connectivity index (χ0n) is 21.7. The van der Waals surface area contributed by atoms with Crippen LogP contribution in [0.3, 0.4) is 0 Å². The van der Waals surface area contributed by atoms with Crippen molar-refractivity contribution in [2.75, 3.05) is 13.1 Å². The number of pyridine rings is 1. The summed E-state index contributed by atoms with van der Waals surface area (Å²) < 4.78 is 27.8. The summed E-state index contributed by atoms with van der Waals surface area (Å²) in [4.78, 5) is 31.5. The van der Waals surface area contributed by atoms with Crippen LogP contribution in [0, 0.1) is 19.7 Å². The van der Waals surface area contributed by atoms with E-state index in [-0.39, 0.29) is 23.7 Å². The minimum absolute atomic E-state index is 0.0713. The van der Waals surface area contributed by atoms with Crippen molar-refractivity contribution in [1.29, 1.82) is 0 Å². The van der Waals surface area contributed by atoms with Crippen LogP contribution in [-0.2, 0) is 4.74 Å². The fraction of sp³-hybridized carbons (Fsp3) is 0.393. The van der Waals surface area contributed by atoms with E-state index >= 15 is 0 Å². The number of hydrogen-bond acceptors (Lipinski definition) is 5. The van der Waals surface area contributed by atoms with Crippen LogP contribution in [0.2, 0.25) is 0 Å². The van der Waals surface area contributed by atoms with Crippen LogP contribution in [0.5, 0.6) is 0 Å². The van der Waals surface area contributed by atoms with Gasteiger partial charge in [0.2, 0.25) is 0 Å². The van der Waals surface area contributed by atoms with Crippen molar-refractivity contribution in [2.24, 2.45) is 0 Å². The van der Waals surface area contributed by atoms with Crippen LogP contribution in [0.4, 0.5) is 9.18 Å². The number of furan rings is 1. The maximum atomic E-state index is 14.8. The maximum Gasteiger partial charge on any atom is 0.410 e. The van der Waals surface area contributed by atoms with Crippen LogP contribution < -0.4 is 5.32 Å². The number of aromatic nitrogens is 2. The summed E-state index contributed by atoms with van der Waals surface area (Å²) in [6.45, 7) is 10.2. The number of aryl methyl sites for hydroxylation is 2. The third kappa shape index (κ3) is 5.03. The number of likely N-dealkylation sites (tertiary alicyclic amines) is 1. The second-order valence-corrected chi connectivity index (χ2v) is 10.7. The summed E-state index contributed by atoms with van der Waals surface area (Å²) in [5.41, 5.74) is 2.76. The second-order valence-electron chi connectivity index (χ2n) is 10.7. The van der Waals surface area contributed by atoms with Crippen LogP contribution in [0.1, 0.15) is 55.4 Å². The average Bonchev–Trinajstić information content (AvgIpc) is 3.39. The van der Waals surface area contributed by atoms with Crippen molar-refractivity contribution in [3.63, 3.8) is 0 Å². The number of rotatable bonds is 3. The smallest absolute Gasteiger partial charge is 0.410 e. The Morgan fingerprint density at radius 1 is 1.14 bits per heavy atom. The Balaban J connectivity index is 1.36. The van der Waals surface area contributed by atoms with Gasteiger partial charge in [0.1, 0.15) is 16.9 Å². The first-order chi connectivity index (χ1) is 17.5. The fourth-order valence-corrected chi connectivity index (χ4v) is 4.80. The van der Waals surface area contributed by atoms with Crippen LogP contribution in [0.15, 0.2) is 41.1 Å². The molecule has 1 aromatic carbocycles. The summed E-state index contributed by atoms with van der Waals surface area (Å²) in [7, 11) is 0. The van der Waals surface area contributed by atoms with Gasteiger partial charge in [-0.05, 0) is 71.2 Å². The molecule has 0 atom stereocenters. The van der Waals surface area contributed by atoms with E-state index in [4.69, 9.17) is 9.15 Å². The second kappa shape index (κ2) is 9.21. The molecule has 4 heterocycles. The summed E-state index contributed by atoms with van der Waals surface area (Å²) in [5.74, 6) is -0.00538. The average molecular weight is 507 g/mol. The molecule has 1 N–H and O–H groups in total. The topological polar surface area (TPSA) is 89.1 Å². The fourth-order valence-electron chi connectivity index (χ4n) is 4.80. The molecule has 194 valence electrons.